The standard InChI is InChI=1S/C16H15NO3/c1-11(9-15(18)19)12-4-6-13(7-5-12)16(20)14-3-2-8-17-10-14/h2-10,16,20H,1H3,(H,18,19). The van der Waals surface area contributed by atoms with Gasteiger partial charge in [-0.2, -0.15) is 0 Å². The normalized spacial score (nSPS) is 13.0. The molecule has 4 heteroatoms. The van der Waals surface area contributed by atoms with Gasteiger partial charge in [0.2, 0.25) is 0 Å². The quantitative estimate of drug-likeness (QED) is 0.837. The number of nitrogens with zero attached hydrogens (tertiary/aromatic N) is 1. The average molecular weight is 269 g/mol. The van der Waals surface area contributed by atoms with E-state index in [1.54, 1.807) is 55.7 Å². The van der Waals surface area contributed by atoms with Crippen molar-refractivity contribution in [2.45, 2.75) is 13.0 Å². The number of carboxylic acids is 1. The van der Waals surface area contributed by atoms with Crippen molar-refractivity contribution >= 4 is 11.5 Å². The number of aliphatic hydroxyl groups excluding tert-OH is 1. The number of benzene rings is 1. The summed E-state index contributed by atoms with van der Waals surface area (Å²) >= 11 is 0. The van der Waals surface area contributed by atoms with Crippen LogP contribution in [0.15, 0.2) is 54.9 Å². The van der Waals surface area contributed by atoms with Crippen LogP contribution in [0.1, 0.15) is 29.7 Å². The van der Waals surface area contributed by atoms with E-state index in [1.807, 2.05) is 0 Å². The van der Waals surface area contributed by atoms with Gasteiger partial charge in [-0.3, -0.25) is 4.98 Å². The number of pyridine rings is 1. The maximum absolute atomic E-state index is 10.6. The molecule has 0 aliphatic heterocycles. The highest BCUT2D eigenvalue weighted by molar-refractivity contribution is 5.89. The van der Waals surface area contributed by atoms with Crippen LogP contribution in [0.2, 0.25) is 0 Å². The molecular weight excluding hydrogens is 254 g/mol. The van der Waals surface area contributed by atoms with E-state index < -0.39 is 12.1 Å². The van der Waals surface area contributed by atoms with Crippen molar-refractivity contribution in [3.8, 4) is 0 Å². The summed E-state index contributed by atoms with van der Waals surface area (Å²) in [6.07, 6.45) is 3.70. The Kier molecular flexibility index (Phi) is 4.27. The maximum Gasteiger partial charge on any atom is 0.328 e. The van der Waals surface area contributed by atoms with Crippen molar-refractivity contribution in [2.75, 3.05) is 0 Å². The van der Waals surface area contributed by atoms with Crippen LogP contribution in [0.4, 0.5) is 0 Å². The van der Waals surface area contributed by atoms with Gasteiger partial charge in [0.1, 0.15) is 6.10 Å². The number of aliphatic hydroxyl groups is 1. The molecule has 1 unspecified atom stereocenters. The molecule has 1 atom stereocenters. The molecule has 102 valence electrons. The topological polar surface area (TPSA) is 70.4 Å². The van der Waals surface area contributed by atoms with Crippen molar-refractivity contribution in [1.29, 1.82) is 0 Å². The van der Waals surface area contributed by atoms with Crippen LogP contribution in [0.5, 0.6) is 0 Å². The summed E-state index contributed by atoms with van der Waals surface area (Å²) in [5, 5.41) is 18.9. The molecule has 0 aliphatic rings. The zero-order chi connectivity index (χ0) is 14.5. The molecule has 0 saturated heterocycles. The Bertz CT molecular complexity index is 618. The number of hydrogen-bond donors (Lipinski definition) is 2. The number of allylic oxidation sites excluding steroid dienone is 1. The van der Waals surface area contributed by atoms with Crippen LogP contribution in [0.25, 0.3) is 5.57 Å². The second-order valence-electron chi connectivity index (χ2n) is 4.48. The molecule has 0 radical (unpaired) electrons. The third kappa shape index (κ3) is 3.30. The molecule has 0 aliphatic carbocycles. The predicted molar refractivity (Wildman–Crippen MR) is 76.0 cm³/mol. The number of aromatic nitrogens is 1. The summed E-state index contributed by atoms with van der Waals surface area (Å²) in [5.41, 5.74) is 2.94. The molecule has 2 N–H and O–H groups in total. The van der Waals surface area contributed by atoms with Crippen LogP contribution in [0.3, 0.4) is 0 Å². The minimum absolute atomic E-state index is 0.667. The Morgan fingerprint density at radius 2 is 1.90 bits per heavy atom. The van der Waals surface area contributed by atoms with Gasteiger partial charge in [-0.15, -0.1) is 0 Å². The highest BCUT2D eigenvalue weighted by Gasteiger charge is 2.10. The Balaban J connectivity index is 2.22. The van der Waals surface area contributed by atoms with Gasteiger partial charge in [0.25, 0.3) is 0 Å². The summed E-state index contributed by atoms with van der Waals surface area (Å²) in [6.45, 7) is 1.74. The number of aliphatic carboxylic acids is 1. The smallest absolute Gasteiger partial charge is 0.328 e. The van der Waals surface area contributed by atoms with Crippen molar-refractivity contribution in [3.05, 3.63) is 71.6 Å². The molecule has 1 aromatic heterocycles. The first-order chi connectivity index (χ1) is 9.58. The molecule has 4 nitrogen and oxygen atoms in total. The van der Waals surface area contributed by atoms with Crippen LogP contribution in [-0.2, 0) is 4.79 Å². The van der Waals surface area contributed by atoms with E-state index in [1.165, 1.54) is 0 Å². The lowest BCUT2D eigenvalue weighted by atomic mass is 9.99. The second-order valence-corrected chi connectivity index (χ2v) is 4.48. The maximum atomic E-state index is 10.6. The summed E-state index contributed by atoms with van der Waals surface area (Å²) in [7, 11) is 0. The molecule has 2 aromatic rings. The van der Waals surface area contributed by atoms with Crippen molar-refractivity contribution in [2.24, 2.45) is 0 Å². The van der Waals surface area contributed by atoms with Crippen molar-refractivity contribution in [1.82, 2.24) is 4.98 Å². The van der Waals surface area contributed by atoms with E-state index in [4.69, 9.17) is 5.11 Å². The summed E-state index contributed by atoms with van der Waals surface area (Å²) in [6, 6.07) is 10.7. The largest absolute Gasteiger partial charge is 0.478 e. The summed E-state index contributed by atoms with van der Waals surface area (Å²) in [5.74, 6) is -0.970. The van der Waals surface area contributed by atoms with Crippen molar-refractivity contribution < 1.29 is 15.0 Å². The minimum Gasteiger partial charge on any atom is -0.478 e. The van der Waals surface area contributed by atoms with E-state index in [0.717, 1.165) is 22.8 Å². The molecule has 0 amide bonds. The first kappa shape index (κ1) is 14.0. The molecular formula is C16H15NO3. The molecule has 0 saturated carbocycles. The monoisotopic (exact) mass is 269 g/mol. The fourth-order valence-corrected chi connectivity index (χ4v) is 1.93. The van der Waals surface area contributed by atoms with Crippen LogP contribution >= 0.6 is 0 Å². The van der Waals surface area contributed by atoms with E-state index in [-0.39, 0.29) is 0 Å². The van der Waals surface area contributed by atoms with Gasteiger partial charge in [0.05, 0.1) is 0 Å². The SMILES string of the molecule is CC(=CC(=O)O)c1ccc(C(O)c2cccnc2)cc1. The number of carbonyl (C=O) groups is 1. The highest BCUT2D eigenvalue weighted by Crippen LogP contribution is 2.23. The molecule has 0 bridgehead atoms. The fourth-order valence-electron chi connectivity index (χ4n) is 1.93. The number of rotatable bonds is 4. The van der Waals surface area contributed by atoms with Gasteiger partial charge in [-0.05, 0) is 29.7 Å². The van der Waals surface area contributed by atoms with Crippen molar-refractivity contribution in [3.63, 3.8) is 0 Å². The lowest BCUT2D eigenvalue weighted by Crippen LogP contribution is -2.00. The molecule has 0 fully saturated rings. The van der Waals surface area contributed by atoms with E-state index in [2.05, 4.69) is 4.98 Å². The zero-order valence-electron chi connectivity index (χ0n) is 11.0. The Morgan fingerprint density at radius 3 is 2.45 bits per heavy atom. The first-order valence-electron chi connectivity index (χ1n) is 6.17. The lowest BCUT2D eigenvalue weighted by Gasteiger charge is -2.11. The van der Waals surface area contributed by atoms with Gasteiger partial charge in [0, 0.05) is 24.0 Å². The Labute approximate surface area is 117 Å². The molecule has 1 heterocycles. The van der Waals surface area contributed by atoms with Gasteiger partial charge < -0.3 is 10.2 Å². The lowest BCUT2D eigenvalue weighted by molar-refractivity contribution is -0.131. The predicted octanol–water partition coefficient (Wildman–Crippen LogP) is 2.65. The van der Waals surface area contributed by atoms with E-state index >= 15 is 0 Å². The zero-order valence-corrected chi connectivity index (χ0v) is 11.0. The van der Waals surface area contributed by atoms with Gasteiger partial charge >= 0.3 is 5.97 Å². The highest BCUT2D eigenvalue weighted by atomic mass is 16.4. The number of hydrogen-bond acceptors (Lipinski definition) is 3. The van der Waals surface area contributed by atoms with E-state index in [0.29, 0.717) is 5.57 Å². The van der Waals surface area contributed by atoms with Gasteiger partial charge in [0.15, 0.2) is 0 Å². The summed E-state index contributed by atoms with van der Waals surface area (Å²) < 4.78 is 0. The molecule has 1 aromatic carbocycles. The summed E-state index contributed by atoms with van der Waals surface area (Å²) in [4.78, 5) is 14.6. The Hall–Kier alpha value is -2.46. The fraction of sp³-hybridized carbons (Fsp3) is 0.125. The molecule has 20 heavy (non-hydrogen) atoms. The first-order valence-corrected chi connectivity index (χ1v) is 6.17. The second kappa shape index (κ2) is 6.12. The Morgan fingerprint density at radius 1 is 1.20 bits per heavy atom. The van der Waals surface area contributed by atoms with Gasteiger partial charge in [-0.25, -0.2) is 4.79 Å². The molecule has 2 rings (SSSR count). The van der Waals surface area contributed by atoms with Gasteiger partial charge in [-0.1, -0.05) is 30.3 Å². The minimum atomic E-state index is -0.970. The van der Waals surface area contributed by atoms with E-state index in [9.17, 15) is 9.90 Å². The van der Waals surface area contributed by atoms with Crippen LogP contribution < -0.4 is 0 Å². The number of carboxylic acid groups (broad SMARTS) is 1. The van der Waals surface area contributed by atoms with Crippen LogP contribution in [0, 0.1) is 0 Å². The third-order valence-electron chi connectivity index (χ3n) is 3.02. The molecule has 0 spiro atoms. The van der Waals surface area contributed by atoms with Crippen LogP contribution in [-0.4, -0.2) is 21.2 Å². The average Bonchev–Trinajstić information content (AvgIpc) is 2.47. The third-order valence-corrected chi connectivity index (χ3v) is 3.02.